The van der Waals surface area contributed by atoms with Gasteiger partial charge < -0.3 is 0 Å². The molecule has 0 aromatic heterocycles. The van der Waals surface area contributed by atoms with Gasteiger partial charge >= 0.3 is 11.4 Å². The van der Waals surface area contributed by atoms with E-state index in [2.05, 4.69) is 4.99 Å². The van der Waals surface area contributed by atoms with Gasteiger partial charge in [0.15, 0.2) is 6.17 Å². The van der Waals surface area contributed by atoms with E-state index in [9.17, 15) is 9.59 Å². The van der Waals surface area contributed by atoms with Gasteiger partial charge in [-0.05, 0) is 17.2 Å². The minimum absolute atomic E-state index is 0.0496. The Bertz CT molecular complexity index is 492. The van der Waals surface area contributed by atoms with Crippen molar-refractivity contribution >= 4 is 41.0 Å². The highest BCUT2D eigenvalue weighted by Crippen LogP contribution is 2.20. The Morgan fingerprint density at radius 3 is 2.61 bits per heavy atom. The number of benzene rings is 1. The van der Waals surface area contributed by atoms with Crippen LogP contribution in [-0.2, 0) is 0 Å². The summed E-state index contributed by atoms with van der Waals surface area (Å²) in [6.45, 7) is 0.0496. The lowest BCUT2D eigenvalue weighted by Crippen LogP contribution is -2.29. The normalized spacial score (nSPS) is 19.9. The average Bonchev–Trinajstić information content (AvgIpc) is 2.65. The zero-order chi connectivity index (χ0) is 13.1. The van der Waals surface area contributed by atoms with Crippen LogP contribution in [0.5, 0.6) is 0 Å². The van der Waals surface area contributed by atoms with E-state index in [0.29, 0.717) is 0 Å². The molecule has 1 aliphatic rings. The third-order valence-corrected chi connectivity index (χ3v) is 3.00. The summed E-state index contributed by atoms with van der Waals surface area (Å²) in [4.78, 5) is 27.5. The molecule has 1 unspecified atom stereocenters. The molecular formula is C11H9Cl2N3O2. The molecule has 1 fully saturated rings. The summed E-state index contributed by atoms with van der Waals surface area (Å²) >= 11 is 11.0. The molecule has 3 amide bonds. The molecule has 1 aromatic rings. The number of hydrogen-bond acceptors (Lipinski definition) is 3. The zero-order valence-electron chi connectivity index (χ0n) is 9.16. The van der Waals surface area contributed by atoms with Gasteiger partial charge in [0.2, 0.25) is 0 Å². The van der Waals surface area contributed by atoms with E-state index in [1.165, 1.54) is 0 Å². The van der Waals surface area contributed by atoms with Crippen LogP contribution in [0.25, 0.3) is 0 Å². The molecule has 1 heterocycles. The van der Waals surface area contributed by atoms with E-state index in [0.717, 1.165) is 14.9 Å². The van der Waals surface area contributed by atoms with Crippen molar-refractivity contribution in [2.45, 2.75) is 6.17 Å². The molecule has 1 aromatic carbocycles. The monoisotopic (exact) mass is 285 g/mol. The summed E-state index contributed by atoms with van der Waals surface area (Å²) in [5.41, 5.74) is 0.880. The Morgan fingerprint density at radius 2 is 2.06 bits per heavy atom. The molecule has 7 heteroatoms. The second-order valence-corrected chi connectivity index (χ2v) is 4.31. The molecule has 0 aliphatic carbocycles. The van der Waals surface area contributed by atoms with Gasteiger partial charge in [-0.15, -0.1) is 0 Å². The first-order chi connectivity index (χ1) is 8.59. The van der Waals surface area contributed by atoms with Gasteiger partial charge in [0, 0.05) is 18.0 Å². The van der Waals surface area contributed by atoms with E-state index in [1.807, 2.05) is 30.3 Å². The predicted octanol–water partition coefficient (Wildman–Crippen LogP) is 2.68. The lowest BCUT2D eigenvalue weighted by molar-refractivity contribution is 0.205. The molecule has 0 radical (unpaired) electrons. The molecule has 0 N–H and O–H groups in total. The van der Waals surface area contributed by atoms with Gasteiger partial charge in [0.05, 0.1) is 6.54 Å². The molecule has 18 heavy (non-hydrogen) atoms. The number of halogens is 2. The van der Waals surface area contributed by atoms with Crippen LogP contribution < -0.4 is 0 Å². The van der Waals surface area contributed by atoms with Crippen molar-refractivity contribution in [3.63, 3.8) is 0 Å². The Kier molecular flexibility index (Phi) is 3.84. The molecule has 1 aliphatic heterocycles. The topological polar surface area (TPSA) is 53.0 Å². The van der Waals surface area contributed by atoms with Crippen molar-refractivity contribution < 1.29 is 9.59 Å². The zero-order valence-corrected chi connectivity index (χ0v) is 10.7. The highest BCUT2D eigenvalue weighted by atomic mass is 35.5. The first-order valence-electron chi connectivity index (χ1n) is 5.14. The number of carbonyl (C=O) groups is 2. The minimum atomic E-state index is -0.858. The number of carbonyl (C=O) groups excluding carboxylic acids is 2. The van der Waals surface area contributed by atoms with Crippen molar-refractivity contribution in [1.29, 1.82) is 0 Å². The standard InChI is InChI=1S/C11H9Cl2N3O2/c12-10(17)15-7-9(16(13)11(15)18)14-6-8-4-2-1-3-5-8/h1-6,9H,7H2. The van der Waals surface area contributed by atoms with E-state index >= 15 is 0 Å². The van der Waals surface area contributed by atoms with Crippen LogP contribution in [0.1, 0.15) is 5.56 Å². The van der Waals surface area contributed by atoms with Crippen LogP contribution >= 0.6 is 23.4 Å². The van der Waals surface area contributed by atoms with Crippen LogP contribution in [-0.4, -0.2) is 39.6 Å². The van der Waals surface area contributed by atoms with Crippen molar-refractivity contribution in [3.05, 3.63) is 35.9 Å². The lowest BCUT2D eigenvalue weighted by atomic mass is 10.2. The first kappa shape index (κ1) is 12.9. The summed E-state index contributed by atoms with van der Waals surface area (Å²) in [7, 11) is 0. The molecule has 1 atom stereocenters. The summed E-state index contributed by atoms with van der Waals surface area (Å²) in [6.07, 6.45) is 0.970. The summed E-state index contributed by atoms with van der Waals surface area (Å²) in [5.74, 6) is 0. The van der Waals surface area contributed by atoms with E-state index in [4.69, 9.17) is 23.4 Å². The van der Waals surface area contributed by atoms with Gasteiger partial charge in [-0.25, -0.2) is 14.1 Å². The van der Waals surface area contributed by atoms with Gasteiger partial charge in [0.1, 0.15) is 0 Å². The summed E-state index contributed by atoms with van der Waals surface area (Å²) < 4.78 is 0.861. The van der Waals surface area contributed by atoms with Gasteiger partial charge in [0.25, 0.3) is 0 Å². The predicted molar refractivity (Wildman–Crippen MR) is 68.9 cm³/mol. The molecule has 0 saturated carbocycles. The number of hydrogen-bond donors (Lipinski definition) is 0. The number of aliphatic imine (C=N–C) groups is 1. The van der Waals surface area contributed by atoms with Gasteiger partial charge in [-0.3, -0.25) is 9.79 Å². The highest BCUT2D eigenvalue weighted by molar-refractivity contribution is 6.64. The van der Waals surface area contributed by atoms with Crippen molar-refractivity contribution in [1.82, 2.24) is 9.32 Å². The third kappa shape index (κ3) is 2.63. The molecule has 94 valence electrons. The Hall–Kier alpha value is -1.59. The van der Waals surface area contributed by atoms with E-state index in [-0.39, 0.29) is 6.54 Å². The van der Waals surface area contributed by atoms with Crippen LogP contribution in [0.15, 0.2) is 35.3 Å². The number of rotatable bonds is 2. The van der Waals surface area contributed by atoms with E-state index in [1.54, 1.807) is 6.21 Å². The maximum atomic E-state index is 11.5. The Balaban J connectivity index is 2.09. The van der Waals surface area contributed by atoms with Gasteiger partial charge in [-0.2, -0.15) is 0 Å². The second kappa shape index (κ2) is 5.37. The smallest absolute Gasteiger partial charge is 0.264 e. The van der Waals surface area contributed by atoms with E-state index < -0.39 is 17.6 Å². The SMILES string of the molecule is O=C(Cl)N1CC(N=Cc2ccccc2)N(Cl)C1=O. The Morgan fingerprint density at radius 1 is 1.39 bits per heavy atom. The highest BCUT2D eigenvalue weighted by Gasteiger charge is 2.39. The fourth-order valence-corrected chi connectivity index (χ4v) is 1.86. The van der Waals surface area contributed by atoms with Gasteiger partial charge in [-0.1, -0.05) is 30.3 Å². The average molecular weight is 286 g/mol. The quantitative estimate of drug-likeness (QED) is 0.363. The summed E-state index contributed by atoms with van der Waals surface area (Å²) in [6, 6.07) is 8.69. The fraction of sp³-hybridized carbons (Fsp3) is 0.182. The fourth-order valence-electron chi connectivity index (χ4n) is 1.52. The van der Waals surface area contributed by atoms with Crippen LogP contribution in [0.2, 0.25) is 0 Å². The third-order valence-electron chi connectivity index (χ3n) is 2.43. The number of urea groups is 1. The van der Waals surface area contributed by atoms with Crippen molar-refractivity contribution in [2.24, 2.45) is 4.99 Å². The number of imide groups is 1. The first-order valence-corrected chi connectivity index (χ1v) is 5.85. The molecule has 0 bridgehead atoms. The lowest BCUT2D eigenvalue weighted by Gasteiger charge is -2.08. The van der Waals surface area contributed by atoms with Crippen LogP contribution in [0, 0.1) is 0 Å². The molecule has 0 spiro atoms. The molecular weight excluding hydrogens is 277 g/mol. The second-order valence-electron chi connectivity index (χ2n) is 3.63. The van der Waals surface area contributed by atoms with Crippen LogP contribution in [0.4, 0.5) is 9.59 Å². The largest absolute Gasteiger partial charge is 0.344 e. The maximum absolute atomic E-state index is 11.5. The summed E-state index contributed by atoms with van der Waals surface area (Å²) in [5, 5.41) is -0.858. The minimum Gasteiger partial charge on any atom is -0.264 e. The van der Waals surface area contributed by atoms with Crippen LogP contribution in [0.3, 0.4) is 0 Å². The van der Waals surface area contributed by atoms with Crippen molar-refractivity contribution in [3.8, 4) is 0 Å². The molecule has 1 saturated heterocycles. The maximum Gasteiger partial charge on any atom is 0.344 e. The van der Waals surface area contributed by atoms with Crippen molar-refractivity contribution in [2.75, 3.05) is 6.54 Å². The molecule has 5 nitrogen and oxygen atoms in total. The number of amides is 3. The molecule has 2 rings (SSSR count). The number of nitrogens with zero attached hydrogens (tertiary/aromatic N) is 3. The Labute approximate surface area is 114 Å².